The molecule has 1 aliphatic carbocycles. The molecule has 28 heavy (non-hydrogen) atoms. The molecule has 2 aliphatic rings. The lowest BCUT2D eigenvalue weighted by Crippen LogP contribution is -2.36. The third-order valence-corrected chi connectivity index (χ3v) is 4.67. The molecule has 1 unspecified atom stereocenters. The summed E-state index contributed by atoms with van der Waals surface area (Å²) in [5.41, 5.74) is -1.21. The van der Waals surface area contributed by atoms with Crippen LogP contribution in [0, 0.1) is 0 Å². The van der Waals surface area contributed by atoms with E-state index in [1.807, 2.05) is 18.2 Å². The summed E-state index contributed by atoms with van der Waals surface area (Å²) < 4.78 is 44.1. The Morgan fingerprint density at radius 2 is 1.96 bits per heavy atom. The number of carbonyl (C=O) groups excluding carboxylic acids is 1. The van der Waals surface area contributed by atoms with Crippen molar-refractivity contribution in [2.24, 2.45) is 0 Å². The fraction of sp³-hybridized carbons (Fsp3) is 0.200. The van der Waals surface area contributed by atoms with Gasteiger partial charge in [0.25, 0.3) is 11.5 Å². The molecule has 1 aromatic heterocycles. The lowest BCUT2D eigenvalue weighted by Gasteiger charge is -2.31. The van der Waals surface area contributed by atoms with Crippen molar-refractivity contribution in [3.8, 4) is 5.75 Å². The van der Waals surface area contributed by atoms with E-state index in [4.69, 9.17) is 4.74 Å². The van der Waals surface area contributed by atoms with Crippen LogP contribution in [0.1, 0.15) is 40.5 Å². The molecule has 144 valence electrons. The minimum atomic E-state index is -4.69. The van der Waals surface area contributed by atoms with Crippen molar-refractivity contribution in [1.29, 1.82) is 0 Å². The fourth-order valence-corrected chi connectivity index (χ4v) is 3.32. The van der Waals surface area contributed by atoms with Crippen LogP contribution in [0.25, 0.3) is 0 Å². The highest BCUT2D eigenvalue weighted by Crippen LogP contribution is 2.41. The number of pyridine rings is 1. The molecule has 0 saturated heterocycles. The number of allylic oxidation sites excluding steroid dienone is 2. The van der Waals surface area contributed by atoms with E-state index in [-0.39, 0.29) is 5.56 Å². The predicted molar refractivity (Wildman–Crippen MR) is 94.7 cm³/mol. The number of aromatic amines is 1. The van der Waals surface area contributed by atoms with Crippen molar-refractivity contribution in [3.63, 3.8) is 0 Å². The number of aromatic nitrogens is 1. The average molecular weight is 388 g/mol. The van der Waals surface area contributed by atoms with Crippen molar-refractivity contribution in [2.75, 3.05) is 0 Å². The van der Waals surface area contributed by atoms with Crippen LogP contribution in [0.3, 0.4) is 0 Å². The molecule has 2 N–H and O–H groups in total. The smallest absolute Gasteiger partial charge is 0.431 e. The molecule has 2 heterocycles. The summed E-state index contributed by atoms with van der Waals surface area (Å²) in [5.74, 6) is 0.568. The van der Waals surface area contributed by atoms with Gasteiger partial charge in [0.05, 0.1) is 6.04 Å². The van der Waals surface area contributed by atoms with Gasteiger partial charge in [0.15, 0.2) is 0 Å². The Bertz CT molecular complexity index is 1070. The predicted octanol–water partition coefficient (Wildman–Crippen LogP) is 3.86. The van der Waals surface area contributed by atoms with E-state index in [0.717, 1.165) is 23.8 Å². The van der Waals surface area contributed by atoms with Crippen LogP contribution in [0.5, 0.6) is 5.75 Å². The molecular formula is C20H15F3N2O3. The Balaban J connectivity index is 1.68. The second-order valence-corrected chi connectivity index (χ2v) is 6.48. The molecule has 0 spiro atoms. The summed E-state index contributed by atoms with van der Waals surface area (Å²) in [5, 5.41) is 2.76. The van der Waals surface area contributed by atoms with Crippen LogP contribution in [-0.2, 0) is 6.18 Å². The van der Waals surface area contributed by atoms with E-state index in [0.29, 0.717) is 23.8 Å². The number of hydrogen-bond donors (Lipinski definition) is 2. The minimum Gasteiger partial charge on any atom is -0.461 e. The zero-order valence-electron chi connectivity index (χ0n) is 14.5. The number of hydrogen-bond acceptors (Lipinski definition) is 3. The normalized spacial score (nSPS) is 18.2. The van der Waals surface area contributed by atoms with Crippen molar-refractivity contribution >= 4 is 5.91 Å². The van der Waals surface area contributed by atoms with Crippen LogP contribution in [-0.4, -0.2) is 10.9 Å². The SMILES string of the molecule is O=C(NC1C2=C(CCC=C2)Oc2ccccc21)c1ccc(C(F)(F)F)[nH]c1=O. The summed E-state index contributed by atoms with van der Waals surface area (Å²) in [6.07, 6.45) is 0.602. The van der Waals surface area contributed by atoms with Crippen molar-refractivity contribution in [3.05, 3.63) is 87.1 Å². The van der Waals surface area contributed by atoms with Crippen LogP contribution < -0.4 is 15.6 Å². The first kappa shape index (κ1) is 18.1. The summed E-state index contributed by atoms with van der Waals surface area (Å²) in [6, 6.07) is 8.18. The summed E-state index contributed by atoms with van der Waals surface area (Å²) in [4.78, 5) is 26.4. The number of nitrogens with one attached hydrogen (secondary N) is 2. The molecule has 1 atom stereocenters. The summed E-state index contributed by atoms with van der Waals surface area (Å²) in [7, 11) is 0. The summed E-state index contributed by atoms with van der Waals surface area (Å²) in [6.45, 7) is 0. The Morgan fingerprint density at radius 3 is 2.71 bits per heavy atom. The highest BCUT2D eigenvalue weighted by atomic mass is 19.4. The first-order valence-electron chi connectivity index (χ1n) is 8.62. The third kappa shape index (κ3) is 3.21. The lowest BCUT2D eigenvalue weighted by atomic mass is 9.90. The van der Waals surface area contributed by atoms with Gasteiger partial charge in [-0.05, 0) is 24.6 Å². The third-order valence-electron chi connectivity index (χ3n) is 4.67. The van der Waals surface area contributed by atoms with E-state index in [2.05, 4.69) is 5.32 Å². The number of carbonyl (C=O) groups is 1. The number of rotatable bonds is 2. The van der Waals surface area contributed by atoms with Gasteiger partial charge >= 0.3 is 6.18 Å². The van der Waals surface area contributed by atoms with Crippen LogP contribution in [0.2, 0.25) is 0 Å². The number of ether oxygens (including phenoxy) is 1. The van der Waals surface area contributed by atoms with Crippen LogP contribution in [0.4, 0.5) is 13.2 Å². The Kier molecular flexibility index (Phi) is 4.33. The van der Waals surface area contributed by atoms with Gasteiger partial charge in [-0.25, -0.2) is 0 Å². The van der Waals surface area contributed by atoms with Gasteiger partial charge < -0.3 is 15.0 Å². The topological polar surface area (TPSA) is 71.2 Å². The van der Waals surface area contributed by atoms with Gasteiger partial charge in [-0.3, -0.25) is 9.59 Å². The lowest BCUT2D eigenvalue weighted by molar-refractivity contribution is -0.141. The molecule has 0 bridgehead atoms. The van der Waals surface area contributed by atoms with Gasteiger partial charge in [-0.15, -0.1) is 0 Å². The maximum Gasteiger partial charge on any atom is 0.431 e. The fourth-order valence-electron chi connectivity index (χ4n) is 3.32. The number of amides is 1. The first-order valence-corrected chi connectivity index (χ1v) is 8.62. The minimum absolute atomic E-state index is 0.390. The highest BCUT2D eigenvalue weighted by Gasteiger charge is 2.34. The van der Waals surface area contributed by atoms with Crippen LogP contribution >= 0.6 is 0 Å². The standard InChI is InChI=1S/C20H15F3N2O3/c21-20(22,23)16-10-9-13(18(26)24-16)19(27)25-17-11-5-1-3-7-14(11)28-15-8-4-2-6-12(15)17/h1-3,5-7,9-10,17H,4,8H2,(H,24,26)(H,25,27). The van der Waals surface area contributed by atoms with E-state index in [1.54, 1.807) is 23.2 Å². The average Bonchev–Trinajstić information content (AvgIpc) is 2.67. The number of H-pyrrole nitrogens is 1. The second kappa shape index (κ2) is 6.70. The first-order chi connectivity index (χ1) is 13.3. The van der Waals surface area contributed by atoms with Gasteiger partial charge in [-0.1, -0.05) is 30.4 Å². The quantitative estimate of drug-likeness (QED) is 0.821. The number of alkyl halides is 3. The van der Waals surface area contributed by atoms with E-state index < -0.39 is 29.4 Å². The highest BCUT2D eigenvalue weighted by molar-refractivity contribution is 5.94. The second-order valence-electron chi connectivity index (χ2n) is 6.48. The van der Waals surface area contributed by atoms with Gasteiger partial charge in [0.1, 0.15) is 22.8 Å². The van der Waals surface area contributed by atoms with Gasteiger partial charge in [0, 0.05) is 17.6 Å². The van der Waals surface area contributed by atoms with E-state index in [9.17, 15) is 22.8 Å². The molecule has 5 nitrogen and oxygen atoms in total. The zero-order chi connectivity index (χ0) is 19.9. The number of para-hydroxylation sites is 1. The molecule has 8 heteroatoms. The Labute approximate surface area is 157 Å². The maximum atomic E-state index is 12.7. The molecule has 0 saturated carbocycles. The summed E-state index contributed by atoms with van der Waals surface area (Å²) >= 11 is 0. The van der Waals surface area contributed by atoms with E-state index in [1.165, 1.54) is 0 Å². The molecule has 0 radical (unpaired) electrons. The maximum absolute atomic E-state index is 12.7. The molecular weight excluding hydrogens is 373 g/mol. The largest absolute Gasteiger partial charge is 0.461 e. The molecule has 4 rings (SSSR count). The van der Waals surface area contributed by atoms with Crippen LogP contribution in [0.15, 0.2) is 64.7 Å². The van der Waals surface area contributed by atoms with Crippen molar-refractivity contribution < 1.29 is 22.7 Å². The molecule has 2 aromatic rings. The Morgan fingerprint density at radius 1 is 1.18 bits per heavy atom. The van der Waals surface area contributed by atoms with Crippen molar-refractivity contribution in [2.45, 2.75) is 25.1 Å². The van der Waals surface area contributed by atoms with Gasteiger partial charge in [-0.2, -0.15) is 13.2 Å². The number of benzene rings is 1. The number of fused-ring (bicyclic) bond motifs is 1. The van der Waals surface area contributed by atoms with E-state index >= 15 is 0 Å². The molecule has 1 amide bonds. The molecule has 1 aromatic carbocycles. The molecule has 1 aliphatic heterocycles. The zero-order valence-corrected chi connectivity index (χ0v) is 14.5. The van der Waals surface area contributed by atoms with Gasteiger partial charge in [0.2, 0.25) is 0 Å². The number of halogens is 3. The Hall–Kier alpha value is -3.29. The molecule has 0 fully saturated rings. The monoisotopic (exact) mass is 388 g/mol. The van der Waals surface area contributed by atoms with Crippen molar-refractivity contribution in [1.82, 2.24) is 10.3 Å².